The summed E-state index contributed by atoms with van der Waals surface area (Å²) in [5.41, 5.74) is 1.40. The Morgan fingerprint density at radius 1 is 0.541 bits per heavy atom. The lowest BCUT2D eigenvalue weighted by Crippen LogP contribution is -2.11. The van der Waals surface area contributed by atoms with Crippen LogP contribution in [0.15, 0.2) is 97.1 Å². The molecule has 0 aromatic heterocycles. The van der Waals surface area contributed by atoms with E-state index >= 15 is 0 Å². The number of nitrogens with zero attached hydrogens (tertiary/aromatic N) is 2. The maximum Gasteiger partial charge on any atom is 0.269 e. The van der Waals surface area contributed by atoms with Crippen LogP contribution in [0.4, 0.5) is 22.7 Å². The summed E-state index contributed by atoms with van der Waals surface area (Å²) in [5.74, 6) is 0.205. The molecule has 184 valence electrons. The van der Waals surface area contributed by atoms with Crippen LogP contribution >= 0.6 is 0 Å². The molecule has 0 aliphatic heterocycles. The van der Waals surface area contributed by atoms with Gasteiger partial charge in [-0.05, 0) is 72.8 Å². The summed E-state index contributed by atoms with van der Waals surface area (Å²) in [4.78, 5) is 45.1. The highest BCUT2D eigenvalue weighted by Gasteiger charge is 2.11. The van der Waals surface area contributed by atoms with E-state index < -0.39 is 21.7 Å². The van der Waals surface area contributed by atoms with Crippen molar-refractivity contribution < 1.29 is 24.2 Å². The minimum atomic E-state index is -0.536. The van der Waals surface area contributed by atoms with Gasteiger partial charge in [0, 0.05) is 46.8 Å². The second kappa shape index (κ2) is 10.8. The average Bonchev–Trinajstić information content (AvgIpc) is 2.91. The Morgan fingerprint density at radius 2 is 0.865 bits per heavy atom. The maximum absolute atomic E-state index is 12.3. The van der Waals surface area contributed by atoms with Crippen LogP contribution in [0.1, 0.15) is 20.7 Å². The number of amides is 2. The summed E-state index contributed by atoms with van der Waals surface area (Å²) in [6, 6.07) is 23.8. The Hall–Kier alpha value is -5.58. The van der Waals surface area contributed by atoms with Crippen LogP contribution in [0.3, 0.4) is 0 Å². The van der Waals surface area contributed by atoms with E-state index in [0.717, 1.165) is 0 Å². The Labute approximate surface area is 209 Å². The number of anilines is 2. The minimum Gasteiger partial charge on any atom is -0.457 e. The van der Waals surface area contributed by atoms with Gasteiger partial charge in [-0.15, -0.1) is 0 Å². The number of benzene rings is 4. The lowest BCUT2D eigenvalue weighted by molar-refractivity contribution is -0.385. The van der Waals surface area contributed by atoms with Crippen molar-refractivity contribution in [2.24, 2.45) is 0 Å². The van der Waals surface area contributed by atoms with Crippen molar-refractivity contribution in [2.45, 2.75) is 0 Å². The van der Waals surface area contributed by atoms with Crippen molar-refractivity contribution in [3.05, 3.63) is 128 Å². The number of carbonyl (C=O) groups excluding carboxylic acids is 2. The number of nitrogens with one attached hydrogen (secondary N) is 2. The van der Waals surface area contributed by atoms with Gasteiger partial charge in [0.15, 0.2) is 0 Å². The van der Waals surface area contributed by atoms with Gasteiger partial charge in [-0.1, -0.05) is 0 Å². The van der Waals surface area contributed by atoms with Gasteiger partial charge in [0.1, 0.15) is 11.5 Å². The Morgan fingerprint density at radius 3 is 1.16 bits per heavy atom. The van der Waals surface area contributed by atoms with E-state index in [1.807, 2.05) is 0 Å². The highest BCUT2D eigenvalue weighted by molar-refractivity contribution is 6.05. The number of hydrogen-bond acceptors (Lipinski definition) is 7. The van der Waals surface area contributed by atoms with Gasteiger partial charge in [0.25, 0.3) is 23.2 Å². The molecule has 4 aromatic rings. The molecule has 4 aromatic carbocycles. The third-order valence-electron chi connectivity index (χ3n) is 5.14. The first-order valence-corrected chi connectivity index (χ1v) is 10.8. The van der Waals surface area contributed by atoms with E-state index in [1.165, 1.54) is 48.5 Å². The van der Waals surface area contributed by atoms with E-state index in [1.54, 1.807) is 48.5 Å². The largest absolute Gasteiger partial charge is 0.457 e. The summed E-state index contributed by atoms with van der Waals surface area (Å²) < 4.78 is 5.79. The fraction of sp³-hybridized carbons (Fsp3) is 0. The lowest BCUT2D eigenvalue weighted by Gasteiger charge is -2.10. The predicted octanol–water partition coefficient (Wildman–Crippen LogP) is 5.80. The molecular formula is C26H18N4O7. The molecule has 0 saturated heterocycles. The summed E-state index contributed by atoms with van der Waals surface area (Å²) >= 11 is 0. The SMILES string of the molecule is O=C(Nc1ccc(Oc2ccc(NC(=O)c3ccc([N+](=O)[O-])cc3)cc2)cc1)c1ccc([N+](=O)[O-])cc1. The molecule has 0 bridgehead atoms. The monoisotopic (exact) mass is 498 g/mol. The number of nitro benzene ring substituents is 2. The van der Waals surface area contributed by atoms with Gasteiger partial charge in [0.2, 0.25) is 0 Å². The standard InChI is InChI=1S/C26H18N4O7/c31-25(17-1-9-21(10-2-17)29(33)34)27-19-5-13-23(14-6-19)37-24-15-7-20(8-16-24)28-26(32)18-3-11-22(12-4-18)30(35)36/h1-16H,(H,27,31)(H,28,32). The molecule has 0 spiro atoms. The van der Waals surface area contributed by atoms with Crippen molar-refractivity contribution in [1.82, 2.24) is 0 Å². The first-order chi connectivity index (χ1) is 17.8. The lowest BCUT2D eigenvalue weighted by atomic mass is 10.2. The van der Waals surface area contributed by atoms with Gasteiger partial charge in [-0.2, -0.15) is 0 Å². The van der Waals surface area contributed by atoms with Crippen LogP contribution in [-0.2, 0) is 0 Å². The molecule has 4 rings (SSSR count). The summed E-state index contributed by atoms with van der Waals surface area (Å²) in [6.45, 7) is 0. The molecule has 0 heterocycles. The molecule has 0 unspecified atom stereocenters. The van der Waals surface area contributed by atoms with Gasteiger partial charge < -0.3 is 15.4 Å². The zero-order chi connectivity index (χ0) is 26.4. The molecular weight excluding hydrogens is 480 g/mol. The second-order valence-electron chi connectivity index (χ2n) is 7.67. The number of hydrogen-bond donors (Lipinski definition) is 2. The molecule has 37 heavy (non-hydrogen) atoms. The molecule has 0 aliphatic carbocycles. The molecule has 0 radical (unpaired) electrons. The molecule has 2 amide bonds. The summed E-state index contributed by atoms with van der Waals surface area (Å²) in [7, 11) is 0. The molecule has 0 aliphatic rings. The Bertz CT molecular complexity index is 1340. The van der Waals surface area contributed by atoms with E-state index in [-0.39, 0.29) is 22.5 Å². The summed E-state index contributed by atoms with van der Waals surface area (Å²) in [5, 5.41) is 26.9. The number of nitro groups is 2. The van der Waals surface area contributed by atoms with Crippen molar-refractivity contribution >= 4 is 34.6 Å². The number of ether oxygens (including phenoxy) is 1. The topological polar surface area (TPSA) is 154 Å². The third kappa shape index (κ3) is 6.31. The average molecular weight is 498 g/mol. The van der Waals surface area contributed by atoms with Crippen molar-refractivity contribution in [3.63, 3.8) is 0 Å². The van der Waals surface area contributed by atoms with Gasteiger partial charge in [0.05, 0.1) is 9.85 Å². The van der Waals surface area contributed by atoms with Gasteiger partial charge in [-0.25, -0.2) is 0 Å². The predicted molar refractivity (Wildman–Crippen MR) is 135 cm³/mol. The third-order valence-corrected chi connectivity index (χ3v) is 5.14. The fourth-order valence-electron chi connectivity index (χ4n) is 3.22. The van der Waals surface area contributed by atoms with Crippen molar-refractivity contribution in [2.75, 3.05) is 10.6 Å². The molecule has 11 heteroatoms. The Kier molecular flexibility index (Phi) is 7.15. The highest BCUT2D eigenvalue weighted by atomic mass is 16.6. The molecule has 0 atom stereocenters. The normalized spacial score (nSPS) is 10.3. The number of carbonyl (C=O) groups is 2. The Balaban J connectivity index is 1.32. The first kappa shape index (κ1) is 24.5. The number of rotatable bonds is 8. The quantitative estimate of drug-likeness (QED) is 0.230. The molecule has 2 N–H and O–H groups in total. The van der Waals surface area contributed by atoms with Crippen molar-refractivity contribution in [1.29, 1.82) is 0 Å². The molecule has 11 nitrogen and oxygen atoms in total. The van der Waals surface area contributed by atoms with Gasteiger partial charge >= 0.3 is 0 Å². The zero-order valence-corrected chi connectivity index (χ0v) is 19.0. The van der Waals surface area contributed by atoms with Crippen LogP contribution < -0.4 is 15.4 Å². The first-order valence-electron chi connectivity index (χ1n) is 10.8. The van der Waals surface area contributed by atoms with Gasteiger partial charge in [-0.3, -0.25) is 29.8 Å². The molecule has 0 saturated carbocycles. The number of non-ortho nitro benzene ring substituents is 2. The summed E-state index contributed by atoms with van der Waals surface area (Å²) in [6.07, 6.45) is 0. The van der Waals surface area contributed by atoms with E-state index in [0.29, 0.717) is 22.9 Å². The van der Waals surface area contributed by atoms with Crippen LogP contribution in [0.2, 0.25) is 0 Å². The molecule has 0 fully saturated rings. The van der Waals surface area contributed by atoms with E-state index in [9.17, 15) is 29.8 Å². The minimum absolute atomic E-state index is 0.0991. The fourth-order valence-corrected chi connectivity index (χ4v) is 3.22. The van der Waals surface area contributed by atoms with Crippen LogP contribution in [0, 0.1) is 20.2 Å². The smallest absolute Gasteiger partial charge is 0.269 e. The maximum atomic E-state index is 12.3. The van der Waals surface area contributed by atoms with Crippen LogP contribution in [-0.4, -0.2) is 21.7 Å². The van der Waals surface area contributed by atoms with E-state index in [4.69, 9.17) is 4.74 Å². The van der Waals surface area contributed by atoms with Crippen LogP contribution in [0.5, 0.6) is 11.5 Å². The van der Waals surface area contributed by atoms with Crippen LogP contribution in [0.25, 0.3) is 0 Å². The highest BCUT2D eigenvalue weighted by Crippen LogP contribution is 2.25. The van der Waals surface area contributed by atoms with E-state index in [2.05, 4.69) is 10.6 Å². The van der Waals surface area contributed by atoms with Crippen molar-refractivity contribution in [3.8, 4) is 11.5 Å². The zero-order valence-electron chi connectivity index (χ0n) is 19.0. The second-order valence-corrected chi connectivity index (χ2v) is 7.67.